The third-order valence-corrected chi connectivity index (χ3v) is 3.50. The standard InChI is InChI=1S/C15H20N2O3/c1-10(2)17(9-14(18)20-3)15(19)13-8-11-6-4-5-7-12(11)16-13/h4-7,10,13,16H,8-9H2,1-3H3/t13-/m0/s1. The van der Waals surface area contributed by atoms with E-state index in [1.807, 2.05) is 38.1 Å². The maximum Gasteiger partial charge on any atom is 0.325 e. The molecular weight excluding hydrogens is 256 g/mol. The fourth-order valence-corrected chi connectivity index (χ4v) is 2.37. The molecule has 0 radical (unpaired) electrons. The summed E-state index contributed by atoms with van der Waals surface area (Å²) in [5, 5.41) is 3.22. The minimum absolute atomic E-state index is 0.0124. The summed E-state index contributed by atoms with van der Waals surface area (Å²) < 4.78 is 4.65. The van der Waals surface area contributed by atoms with Crippen LogP contribution in [0.4, 0.5) is 5.69 Å². The highest BCUT2D eigenvalue weighted by molar-refractivity contribution is 5.90. The zero-order valence-corrected chi connectivity index (χ0v) is 12.1. The van der Waals surface area contributed by atoms with E-state index in [1.54, 1.807) is 4.90 Å². The van der Waals surface area contributed by atoms with Gasteiger partial charge in [0.05, 0.1) is 7.11 Å². The molecule has 1 aliphatic rings. The van der Waals surface area contributed by atoms with Gasteiger partial charge in [0.1, 0.15) is 12.6 Å². The van der Waals surface area contributed by atoms with Gasteiger partial charge in [-0.1, -0.05) is 18.2 Å². The third kappa shape index (κ3) is 2.92. The number of para-hydroxylation sites is 1. The summed E-state index contributed by atoms with van der Waals surface area (Å²) in [4.78, 5) is 25.5. The van der Waals surface area contributed by atoms with Crippen LogP contribution in [0.5, 0.6) is 0 Å². The average molecular weight is 276 g/mol. The molecule has 1 aliphatic heterocycles. The molecule has 0 fully saturated rings. The molecule has 0 saturated carbocycles. The highest BCUT2D eigenvalue weighted by atomic mass is 16.5. The molecule has 0 spiro atoms. The lowest BCUT2D eigenvalue weighted by Crippen LogP contribution is -2.48. The molecule has 0 bridgehead atoms. The second-order valence-electron chi connectivity index (χ2n) is 5.19. The quantitative estimate of drug-likeness (QED) is 0.845. The molecule has 5 nitrogen and oxygen atoms in total. The minimum atomic E-state index is -0.400. The molecule has 1 amide bonds. The third-order valence-electron chi connectivity index (χ3n) is 3.50. The van der Waals surface area contributed by atoms with Gasteiger partial charge >= 0.3 is 5.97 Å². The van der Waals surface area contributed by atoms with E-state index in [-0.39, 0.29) is 24.5 Å². The van der Waals surface area contributed by atoms with Crippen LogP contribution in [0, 0.1) is 0 Å². The van der Waals surface area contributed by atoms with Crippen molar-refractivity contribution in [3.8, 4) is 0 Å². The number of amides is 1. The Morgan fingerprint density at radius 1 is 1.40 bits per heavy atom. The van der Waals surface area contributed by atoms with E-state index in [1.165, 1.54) is 7.11 Å². The lowest BCUT2D eigenvalue weighted by molar-refractivity contribution is -0.148. The van der Waals surface area contributed by atoms with Crippen molar-refractivity contribution in [3.63, 3.8) is 0 Å². The molecule has 108 valence electrons. The topological polar surface area (TPSA) is 58.6 Å². The van der Waals surface area contributed by atoms with Crippen molar-refractivity contribution >= 4 is 17.6 Å². The van der Waals surface area contributed by atoms with Crippen LogP contribution in [0.1, 0.15) is 19.4 Å². The maximum absolute atomic E-state index is 12.6. The van der Waals surface area contributed by atoms with Crippen LogP contribution in [0.3, 0.4) is 0 Å². The molecule has 1 heterocycles. The Labute approximate surface area is 118 Å². The van der Waals surface area contributed by atoms with Gasteiger partial charge < -0.3 is 15.0 Å². The zero-order valence-electron chi connectivity index (χ0n) is 12.1. The van der Waals surface area contributed by atoms with Crippen LogP contribution in [0.2, 0.25) is 0 Å². The summed E-state index contributed by atoms with van der Waals surface area (Å²) in [6, 6.07) is 7.51. The number of ether oxygens (including phenoxy) is 1. The lowest BCUT2D eigenvalue weighted by atomic mass is 10.1. The number of carbonyl (C=O) groups excluding carboxylic acids is 2. The summed E-state index contributed by atoms with van der Waals surface area (Å²) in [5.41, 5.74) is 2.13. The second-order valence-corrected chi connectivity index (χ2v) is 5.19. The van der Waals surface area contributed by atoms with E-state index in [4.69, 9.17) is 0 Å². The number of hydrogen-bond acceptors (Lipinski definition) is 4. The second kappa shape index (κ2) is 5.94. The molecule has 1 atom stereocenters. The van der Waals surface area contributed by atoms with Crippen molar-refractivity contribution in [2.75, 3.05) is 19.0 Å². The SMILES string of the molecule is COC(=O)CN(C(=O)[C@@H]1Cc2ccccc2N1)C(C)C. The van der Waals surface area contributed by atoms with Gasteiger partial charge in [0, 0.05) is 18.2 Å². The first-order chi connectivity index (χ1) is 9.52. The Hall–Kier alpha value is -2.04. The summed E-state index contributed by atoms with van der Waals surface area (Å²) in [6.07, 6.45) is 0.652. The maximum atomic E-state index is 12.6. The predicted octanol–water partition coefficient (Wildman–Crippen LogP) is 1.43. The number of carbonyl (C=O) groups is 2. The van der Waals surface area contributed by atoms with Gasteiger partial charge in [-0.2, -0.15) is 0 Å². The smallest absolute Gasteiger partial charge is 0.325 e. The van der Waals surface area contributed by atoms with Gasteiger partial charge in [-0.15, -0.1) is 0 Å². The number of nitrogens with one attached hydrogen (secondary N) is 1. The van der Waals surface area contributed by atoms with E-state index < -0.39 is 5.97 Å². The molecule has 0 unspecified atom stereocenters. The average Bonchev–Trinajstić information content (AvgIpc) is 2.87. The summed E-state index contributed by atoms with van der Waals surface area (Å²) in [7, 11) is 1.33. The molecule has 0 aromatic heterocycles. The van der Waals surface area contributed by atoms with Crippen LogP contribution in [-0.4, -0.2) is 42.5 Å². The predicted molar refractivity (Wildman–Crippen MR) is 76.4 cm³/mol. The van der Waals surface area contributed by atoms with Crippen molar-refractivity contribution in [1.82, 2.24) is 4.90 Å². The highest BCUT2D eigenvalue weighted by Gasteiger charge is 2.32. The first kappa shape index (κ1) is 14.4. The Bertz CT molecular complexity index is 489. The van der Waals surface area contributed by atoms with Crippen molar-refractivity contribution in [1.29, 1.82) is 0 Å². The van der Waals surface area contributed by atoms with Gasteiger partial charge in [-0.3, -0.25) is 9.59 Å². The van der Waals surface area contributed by atoms with Gasteiger partial charge in [-0.05, 0) is 25.5 Å². The monoisotopic (exact) mass is 276 g/mol. The number of nitrogens with zero attached hydrogens (tertiary/aromatic N) is 1. The molecule has 20 heavy (non-hydrogen) atoms. The number of esters is 1. The van der Waals surface area contributed by atoms with Crippen molar-refractivity contribution < 1.29 is 14.3 Å². The summed E-state index contributed by atoms with van der Waals surface area (Å²) in [5.74, 6) is -0.468. The number of fused-ring (bicyclic) bond motifs is 1. The van der Waals surface area contributed by atoms with Gasteiger partial charge in [0.25, 0.3) is 0 Å². The first-order valence-corrected chi connectivity index (χ1v) is 6.74. The molecule has 1 aromatic carbocycles. The van der Waals surface area contributed by atoms with Crippen LogP contribution >= 0.6 is 0 Å². The number of benzene rings is 1. The number of methoxy groups -OCH3 is 1. The molecule has 0 aliphatic carbocycles. The van der Waals surface area contributed by atoms with Crippen molar-refractivity contribution in [3.05, 3.63) is 29.8 Å². The highest BCUT2D eigenvalue weighted by Crippen LogP contribution is 2.26. The molecule has 0 saturated heterocycles. The van der Waals surface area contributed by atoms with E-state index >= 15 is 0 Å². The molecule has 1 aromatic rings. The molecule has 5 heteroatoms. The molecular formula is C15H20N2O3. The Morgan fingerprint density at radius 3 is 2.70 bits per heavy atom. The summed E-state index contributed by atoms with van der Waals surface area (Å²) in [6.45, 7) is 3.77. The lowest BCUT2D eigenvalue weighted by Gasteiger charge is -2.28. The van der Waals surface area contributed by atoms with Gasteiger partial charge in [0.2, 0.25) is 5.91 Å². The summed E-state index contributed by atoms with van der Waals surface area (Å²) >= 11 is 0. The first-order valence-electron chi connectivity index (χ1n) is 6.74. The van der Waals surface area contributed by atoms with Crippen molar-refractivity contribution in [2.24, 2.45) is 0 Å². The Morgan fingerprint density at radius 2 is 2.10 bits per heavy atom. The minimum Gasteiger partial charge on any atom is -0.468 e. The number of hydrogen-bond donors (Lipinski definition) is 1. The largest absolute Gasteiger partial charge is 0.468 e. The number of anilines is 1. The van der Waals surface area contributed by atoms with Crippen molar-refractivity contribution in [2.45, 2.75) is 32.4 Å². The van der Waals surface area contributed by atoms with Gasteiger partial charge in [0.15, 0.2) is 0 Å². The Balaban J connectivity index is 2.08. The van der Waals surface area contributed by atoms with E-state index in [0.29, 0.717) is 6.42 Å². The zero-order chi connectivity index (χ0) is 14.7. The van der Waals surface area contributed by atoms with Crippen LogP contribution < -0.4 is 5.32 Å². The molecule has 2 rings (SSSR count). The molecule has 1 N–H and O–H groups in total. The number of rotatable bonds is 4. The van der Waals surface area contributed by atoms with E-state index in [9.17, 15) is 9.59 Å². The fraction of sp³-hybridized carbons (Fsp3) is 0.467. The van der Waals surface area contributed by atoms with Crippen LogP contribution in [0.25, 0.3) is 0 Å². The van der Waals surface area contributed by atoms with E-state index in [0.717, 1.165) is 11.3 Å². The Kier molecular flexibility index (Phi) is 4.27. The van der Waals surface area contributed by atoms with Gasteiger partial charge in [-0.25, -0.2) is 0 Å². The van der Waals surface area contributed by atoms with E-state index in [2.05, 4.69) is 10.1 Å². The normalized spacial score (nSPS) is 16.5. The fourth-order valence-electron chi connectivity index (χ4n) is 2.37. The van der Waals surface area contributed by atoms with Crippen LogP contribution in [0.15, 0.2) is 24.3 Å². The van der Waals surface area contributed by atoms with Crippen LogP contribution in [-0.2, 0) is 20.7 Å².